The molecule has 3 rings (SSSR count). The molecule has 0 amide bonds. The molecule has 0 aliphatic carbocycles. The molecule has 0 spiro atoms. The highest BCUT2D eigenvalue weighted by atomic mass is 32.2. The first kappa shape index (κ1) is 22.9. The predicted molar refractivity (Wildman–Crippen MR) is 114 cm³/mol. The van der Waals surface area contributed by atoms with E-state index in [1.807, 2.05) is 18.2 Å². The molecule has 0 atom stereocenters. The number of methoxy groups -OCH3 is 2. The van der Waals surface area contributed by atoms with Crippen molar-refractivity contribution in [3.8, 4) is 0 Å². The van der Waals surface area contributed by atoms with Crippen LogP contribution in [-0.4, -0.2) is 76.5 Å². The lowest BCUT2D eigenvalue weighted by molar-refractivity contribution is 0.0583. The molecule has 2 aromatic carbocycles. The maximum Gasteiger partial charge on any atom is 0.339 e. The van der Waals surface area contributed by atoms with Crippen LogP contribution in [0.3, 0.4) is 0 Å². The fourth-order valence-corrected chi connectivity index (χ4v) is 5.15. The van der Waals surface area contributed by atoms with Gasteiger partial charge in [0, 0.05) is 32.7 Å². The van der Waals surface area contributed by atoms with Gasteiger partial charge >= 0.3 is 11.9 Å². The number of piperazine rings is 1. The summed E-state index contributed by atoms with van der Waals surface area (Å²) >= 11 is 0. The zero-order chi connectivity index (χ0) is 22.4. The van der Waals surface area contributed by atoms with Gasteiger partial charge in [0.1, 0.15) is 0 Å². The molecule has 8 nitrogen and oxygen atoms in total. The van der Waals surface area contributed by atoms with Gasteiger partial charge in [0.25, 0.3) is 0 Å². The van der Waals surface area contributed by atoms with Crippen molar-refractivity contribution in [2.75, 3.05) is 46.9 Å². The van der Waals surface area contributed by atoms with Crippen molar-refractivity contribution in [1.82, 2.24) is 9.21 Å². The number of rotatable bonds is 7. The molecule has 1 aliphatic rings. The van der Waals surface area contributed by atoms with E-state index in [0.717, 1.165) is 13.0 Å². The maximum absolute atomic E-state index is 13.3. The minimum Gasteiger partial charge on any atom is -0.465 e. The quantitative estimate of drug-likeness (QED) is 0.599. The van der Waals surface area contributed by atoms with E-state index < -0.39 is 22.0 Å². The van der Waals surface area contributed by atoms with Gasteiger partial charge in [-0.2, -0.15) is 4.31 Å². The molecule has 166 valence electrons. The molecule has 31 heavy (non-hydrogen) atoms. The standard InChI is InChI=1S/C22H26N2O6S/c1-29-21(25)18-8-9-19(22(26)30-2)20(16-18)31(27,28)24-14-12-23(13-15-24)11-10-17-6-4-3-5-7-17/h3-9,16H,10-15H2,1-2H3. The second-order valence-corrected chi connectivity index (χ2v) is 9.08. The maximum atomic E-state index is 13.3. The summed E-state index contributed by atoms with van der Waals surface area (Å²) in [4.78, 5) is 26.0. The van der Waals surface area contributed by atoms with E-state index in [1.165, 1.54) is 42.3 Å². The van der Waals surface area contributed by atoms with Crippen LogP contribution >= 0.6 is 0 Å². The number of esters is 2. The molecule has 0 aromatic heterocycles. The van der Waals surface area contributed by atoms with E-state index in [-0.39, 0.29) is 16.0 Å². The summed E-state index contributed by atoms with van der Waals surface area (Å²) in [6, 6.07) is 13.9. The topological polar surface area (TPSA) is 93.2 Å². The van der Waals surface area contributed by atoms with Gasteiger partial charge in [-0.25, -0.2) is 18.0 Å². The molecule has 1 saturated heterocycles. The summed E-state index contributed by atoms with van der Waals surface area (Å²) in [7, 11) is -1.62. The van der Waals surface area contributed by atoms with Gasteiger partial charge in [-0.15, -0.1) is 0 Å². The minimum absolute atomic E-state index is 0.0511. The SMILES string of the molecule is COC(=O)c1ccc(C(=O)OC)c(S(=O)(=O)N2CCN(CCc3ccccc3)CC2)c1. The van der Waals surface area contributed by atoms with Crippen LogP contribution in [-0.2, 0) is 25.9 Å². The van der Waals surface area contributed by atoms with Crippen LogP contribution in [0.4, 0.5) is 0 Å². The zero-order valence-electron chi connectivity index (χ0n) is 17.6. The van der Waals surface area contributed by atoms with Gasteiger partial charge in [0.2, 0.25) is 10.0 Å². The molecule has 0 radical (unpaired) electrons. The number of carbonyl (C=O) groups is 2. The minimum atomic E-state index is -4.00. The van der Waals surface area contributed by atoms with Crippen molar-refractivity contribution in [3.63, 3.8) is 0 Å². The molecule has 0 saturated carbocycles. The van der Waals surface area contributed by atoms with Crippen LogP contribution in [0.15, 0.2) is 53.4 Å². The van der Waals surface area contributed by atoms with E-state index >= 15 is 0 Å². The molecule has 1 aliphatic heterocycles. The number of hydrogen-bond acceptors (Lipinski definition) is 7. The molecule has 2 aromatic rings. The Morgan fingerprint density at radius 1 is 0.903 bits per heavy atom. The molecule has 0 unspecified atom stereocenters. The van der Waals surface area contributed by atoms with Crippen molar-refractivity contribution >= 4 is 22.0 Å². The smallest absolute Gasteiger partial charge is 0.339 e. The van der Waals surface area contributed by atoms with E-state index in [0.29, 0.717) is 26.2 Å². The first-order valence-electron chi connectivity index (χ1n) is 9.94. The van der Waals surface area contributed by atoms with Gasteiger partial charge in [-0.1, -0.05) is 30.3 Å². The van der Waals surface area contributed by atoms with Crippen LogP contribution in [0.2, 0.25) is 0 Å². The van der Waals surface area contributed by atoms with Gasteiger partial charge in [0.05, 0.1) is 30.2 Å². The second kappa shape index (κ2) is 10.0. The third kappa shape index (κ3) is 5.30. The van der Waals surface area contributed by atoms with E-state index in [9.17, 15) is 18.0 Å². The number of hydrogen-bond donors (Lipinski definition) is 0. The molecule has 0 N–H and O–H groups in total. The van der Waals surface area contributed by atoms with Crippen molar-refractivity contribution in [1.29, 1.82) is 0 Å². The monoisotopic (exact) mass is 446 g/mol. The van der Waals surface area contributed by atoms with Crippen LogP contribution in [0.1, 0.15) is 26.3 Å². The third-order valence-electron chi connectivity index (χ3n) is 5.32. The van der Waals surface area contributed by atoms with Crippen LogP contribution in [0.25, 0.3) is 0 Å². The van der Waals surface area contributed by atoms with Crippen molar-refractivity contribution in [3.05, 3.63) is 65.2 Å². The Morgan fingerprint density at radius 3 is 2.16 bits per heavy atom. The highest BCUT2D eigenvalue weighted by Gasteiger charge is 2.32. The second-order valence-electron chi connectivity index (χ2n) is 7.18. The lowest BCUT2D eigenvalue weighted by Gasteiger charge is -2.34. The lowest BCUT2D eigenvalue weighted by atomic mass is 10.1. The van der Waals surface area contributed by atoms with Gasteiger partial charge < -0.3 is 14.4 Å². The third-order valence-corrected chi connectivity index (χ3v) is 7.26. The van der Waals surface area contributed by atoms with Gasteiger partial charge in [-0.05, 0) is 30.2 Å². The summed E-state index contributed by atoms with van der Waals surface area (Å²) in [5.41, 5.74) is 1.18. The van der Waals surface area contributed by atoms with E-state index in [4.69, 9.17) is 4.74 Å². The van der Waals surface area contributed by atoms with Crippen molar-refractivity contribution in [2.45, 2.75) is 11.3 Å². The number of ether oxygens (including phenoxy) is 2. The van der Waals surface area contributed by atoms with Crippen molar-refractivity contribution < 1.29 is 27.5 Å². The lowest BCUT2D eigenvalue weighted by Crippen LogP contribution is -2.49. The summed E-state index contributed by atoms with van der Waals surface area (Å²) < 4.78 is 37.4. The molecule has 1 heterocycles. The summed E-state index contributed by atoms with van der Waals surface area (Å²) in [5, 5.41) is 0. The molecular formula is C22H26N2O6S. The number of benzene rings is 2. The number of sulfonamides is 1. The fourth-order valence-electron chi connectivity index (χ4n) is 3.52. The Labute approximate surface area is 182 Å². The number of nitrogens with zero attached hydrogens (tertiary/aromatic N) is 2. The van der Waals surface area contributed by atoms with Gasteiger partial charge in [-0.3, -0.25) is 0 Å². The van der Waals surface area contributed by atoms with Crippen LogP contribution < -0.4 is 0 Å². The summed E-state index contributed by atoms with van der Waals surface area (Å²) in [5.74, 6) is -1.46. The Hall–Kier alpha value is -2.75. The average molecular weight is 447 g/mol. The normalized spacial score (nSPS) is 15.4. The Kier molecular flexibility index (Phi) is 7.42. The Morgan fingerprint density at radius 2 is 1.55 bits per heavy atom. The summed E-state index contributed by atoms with van der Waals surface area (Å²) in [6.45, 7) is 2.58. The molecule has 1 fully saturated rings. The van der Waals surface area contributed by atoms with Crippen molar-refractivity contribution in [2.24, 2.45) is 0 Å². The Bertz CT molecular complexity index is 1030. The highest BCUT2D eigenvalue weighted by molar-refractivity contribution is 7.89. The number of carbonyl (C=O) groups excluding carboxylic acids is 2. The van der Waals surface area contributed by atoms with E-state index in [1.54, 1.807) is 0 Å². The first-order chi connectivity index (χ1) is 14.9. The average Bonchev–Trinajstić information content (AvgIpc) is 2.82. The van der Waals surface area contributed by atoms with Crippen LogP contribution in [0, 0.1) is 0 Å². The molecule has 0 bridgehead atoms. The largest absolute Gasteiger partial charge is 0.465 e. The first-order valence-corrected chi connectivity index (χ1v) is 11.4. The van der Waals surface area contributed by atoms with Gasteiger partial charge in [0.15, 0.2) is 0 Å². The summed E-state index contributed by atoms with van der Waals surface area (Å²) in [6.07, 6.45) is 0.890. The molecule has 9 heteroatoms. The zero-order valence-corrected chi connectivity index (χ0v) is 18.4. The fraction of sp³-hybridized carbons (Fsp3) is 0.364. The molecular weight excluding hydrogens is 420 g/mol. The highest BCUT2D eigenvalue weighted by Crippen LogP contribution is 2.24. The predicted octanol–water partition coefficient (Wildman–Crippen LogP) is 1.81. The van der Waals surface area contributed by atoms with E-state index in [2.05, 4.69) is 21.8 Å². The Balaban J connectivity index is 1.75. The van der Waals surface area contributed by atoms with Crippen LogP contribution in [0.5, 0.6) is 0 Å².